The minimum Gasteiger partial charge on any atom is -0.386 e. The Balaban J connectivity index is 2.17. The summed E-state index contributed by atoms with van der Waals surface area (Å²) in [5.41, 5.74) is 6.93. The molecule has 4 N–H and O–H groups in total. The summed E-state index contributed by atoms with van der Waals surface area (Å²) in [7, 11) is 4.88. The van der Waals surface area contributed by atoms with Gasteiger partial charge >= 0.3 is 0 Å². The van der Waals surface area contributed by atoms with E-state index in [-0.39, 0.29) is 48.1 Å². The van der Waals surface area contributed by atoms with Gasteiger partial charge in [0.2, 0.25) is 17.7 Å². The predicted octanol–water partition coefficient (Wildman–Crippen LogP) is 3.13. The van der Waals surface area contributed by atoms with E-state index in [1.165, 1.54) is 0 Å². The maximum absolute atomic E-state index is 13.8. The van der Waals surface area contributed by atoms with E-state index in [1.807, 2.05) is 49.1 Å². The molecule has 0 saturated carbocycles. The second-order valence-electron chi connectivity index (χ2n) is 12.5. The molecule has 244 valence electrons. The summed E-state index contributed by atoms with van der Waals surface area (Å²) in [4.78, 5) is 43.8. The van der Waals surface area contributed by atoms with Gasteiger partial charge in [-0.3, -0.25) is 14.4 Å². The number of amides is 3. The van der Waals surface area contributed by atoms with Crippen LogP contribution in [0.3, 0.4) is 0 Å². The second kappa shape index (κ2) is 17.1. The highest BCUT2D eigenvalue weighted by atomic mass is 16.5. The number of aliphatic hydroxyl groups excluding tert-OH is 1. The third kappa shape index (κ3) is 9.23. The van der Waals surface area contributed by atoms with Crippen LogP contribution in [0.15, 0.2) is 30.3 Å². The van der Waals surface area contributed by atoms with Gasteiger partial charge in [-0.2, -0.15) is 0 Å². The highest BCUT2D eigenvalue weighted by Gasteiger charge is 2.42. The van der Waals surface area contributed by atoms with E-state index in [9.17, 15) is 19.5 Å². The average Bonchev–Trinajstić information content (AvgIpc) is 3.49. The van der Waals surface area contributed by atoms with E-state index < -0.39 is 36.3 Å². The predicted molar refractivity (Wildman–Crippen MR) is 168 cm³/mol. The largest absolute Gasteiger partial charge is 0.386 e. The van der Waals surface area contributed by atoms with Crippen LogP contribution in [0.2, 0.25) is 0 Å². The van der Waals surface area contributed by atoms with Gasteiger partial charge in [-0.1, -0.05) is 71.4 Å². The number of rotatable bonds is 16. The van der Waals surface area contributed by atoms with Crippen molar-refractivity contribution in [3.8, 4) is 0 Å². The molecular weight excluding hydrogens is 548 g/mol. The lowest BCUT2D eigenvalue weighted by atomic mass is 9.89. The monoisotopic (exact) mass is 604 g/mol. The van der Waals surface area contributed by atoms with Crippen molar-refractivity contribution in [1.29, 1.82) is 0 Å². The van der Waals surface area contributed by atoms with Crippen LogP contribution >= 0.6 is 0 Å². The molecule has 1 fully saturated rings. The molecule has 9 atom stereocenters. The molecule has 1 aromatic carbocycles. The normalized spacial score (nSPS) is 20.9. The first-order valence-corrected chi connectivity index (χ1v) is 15.7. The Bertz CT molecular complexity index is 1020. The number of likely N-dealkylation sites (tertiary alicyclic amines) is 1. The topological polar surface area (TPSA) is 134 Å². The van der Waals surface area contributed by atoms with Gasteiger partial charge in [0.1, 0.15) is 0 Å². The van der Waals surface area contributed by atoms with E-state index in [0.29, 0.717) is 13.0 Å². The number of carbonyl (C=O) groups excluding carboxylic acids is 3. The first-order chi connectivity index (χ1) is 20.3. The molecular formula is C33H56N4O6. The van der Waals surface area contributed by atoms with Gasteiger partial charge in [-0.15, -0.1) is 0 Å². The van der Waals surface area contributed by atoms with Crippen molar-refractivity contribution in [1.82, 2.24) is 15.1 Å². The number of methoxy groups -OCH3 is 2. The van der Waals surface area contributed by atoms with E-state index >= 15 is 0 Å². The molecule has 0 spiro atoms. The standard InChI is InChI=1S/C33H56N4O6/c1-10-21(4)29(36(7)33(41)28(34)20(2)3)26(42-8)19-27(38)37-18-14-17-25(37)31(43-9)22(5)32(40)35-23(6)30(39)24-15-12-11-13-16-24/h11-13,15-16,20-23,25-26,28-31,39H,10,14,17-19,34H2,1-9H3,(H,35,40)/t21-,22+,23+,25-,26+,28-,29?,30+,31+/m0/s1. The molecule has 0 aliphatic carbocycles. The van der Waals surface area contributed by atoms with Crippen molar-refractivity contribution >= 4 is 17.7 Å². The van der Waals surface area contributed by atoms with Gasteiger partial charge in [0.05, 0.1) is 54.8 Å². The summed E-state index contributed by atoms with van der Waals surface area (Å²) in [5.74, 6) is -1.03. The molecule has 1 heterocycles. The Labute approximate surface area is 258 Å². The quantitative estimate of drug-likeness (QED) is 0.264. The van der Waals surface area contributed by atoms with Gasteiger partial charge in [0, 0.05) is 27.8 Å². The van der Waals surface area contributed by atoms with Crippen molar-refractivity contribution in [3.63, 3.8) is 0 Å². The average molecular weight is 605 g/mol. The molecule has 2 rings (SSSR count). The molecule has 0 bridgehead atoms. The minimum absolute atomic E-state index is 0.0183. The lowest BCUT2D eigenvalue weighted by Crippen LogP contribution is -2.56. The van der Waals surface area contributed by atoms with E-state index in [2.05, 4.69) is 19.2 Å². The summed E-state index contributed by atoms with van der Waals surface area (Å²) >= 11 is 0. The van der Waals surface area contributed by atoms with Gasteiger partial charge in [-0.25, -0.2) is 0 Å². The number of aliphatic hydroxyl groups is 1. The number of nitrogens with zero attached hydrogens (tertiary/aromatic N) is 2. The fraction of sp³-hybridized carbons (Fsp3) is 0.727. The second-order valence-corrected chi connectivity index (χ2v) is 12.5. The Hall–Kier alpha value is -2.53. The third-order valence-corrected chi connectivity index (χ3v) is 9.25. The molecule has 1 aliphatic rings. The zero-order valence-electron chi connectivity index (χ0n) is 27.7. The fourth-order valence-electron chi connectivity index (χ4n) is 6.20. The Kier molecular flexibility index (Phi) is 14.6. The van der Waals surface area contributed by atoms with Crippen LogP contribution in [0, 0.1) is 17.8 Å². The van der Waals surface area contributed by atoms with Gasteiger partial charge in [0.15, 0.2) is 0 Å². The van der Waals surface area contributed by atoms with Crippen LogP contribution in [0.5, 0.6) is 0 Å². The van der Waals surface area contributed by atoms with E-state index in [0.717, 1.165) is 18.4 Å². The Morgan fingerprint density at radius 3 is 2.26 bits per heavy atom. The van der Waals surface area contributed by atoms with Crippen LogP contribution in [0.1, 0.15) is 78.9 Å². The first kappa shape index (κ1) is 36.7. The highest BCUT2D eigenvalue weighted by Crippen LogP contribution is 2.30. The molecule has 10 heteroatoms. The lowest BCUT2D eigenvalue weighted by Gasteiger charge is -2.40. The molecule has 1 saturated heterocycles. The lowest BCUT2D eigenvalue weighted by molar-refractivity contribution is -0.146. The van der Waals surface area contributed by atoms with Crippen LogP contribution in [0.25, 0.3) is 0 Å². The minimum atomic E-state index is -0.854. The summed E-state index contributed by atoms with van der Waals surface area (Å²) in [6, 6.07) is 7.43. The van der Waals surface area contributed by atoms with E-state index in [4.69, 9.17) is 15.2 Å². The van der Waals surface area contributed by atoms with Crippen LogP contribution < -0.4 is 11.1 Å². The van der Waals surface area contributed by atoms with Gasteiger partial charge < -0.3 is 35.4 Å². The molecule has 43 heavy (non-hydrogen) atoms. The molecule has 0 aromatic heterocycles. The third-order valence-electron chi connectivity index (χ3n) is 9.25. The molecule has 3 amide bonds. The van der Waals surface area contributed by atoms with Crippen molar-refractivity contribution in [2.45, 2.75) is 110 Å². The molecule has 10 nitrogen and oxygen atoms in total. The SMILES string of the molecule is CC[C@H](C)C([C@@H](CC(=O)N1CCC[C@H]1[C@H](OC)[C@@H](C)C(=O)N[C@H](C)[C@@H](O)c1ccccc1)OC)N(C)C(=O)[C@@H](N)C(C)C. The van der Waals surface area contributed by atoms with Gasteiger partial charge in [-0.05, 0) is 37.2 Å². The molecule has 0 radical (unpaired) electrons. The maximum atomic E-state index is 13.8. The first-order valence-electron chi connectivity index (χ1n) is 15.7. The number of hydrogen-bond acceptors (Lipinski definition) is 7. The van der Waals surface area contributed by atoms with Crippen LogP contribution in [-0.4, -0.2) is 96.8 Å². The summed E-state index contributed by atoms with van der Waals surface area (Å²) in [5, 5.41) is 13.7. The van der Waals surface area contributed by atoms with Gasteiger partial charge in [0.25, 0.3) is 0 Å². The van der Waals surface area contributed by atoms with Crippen LogP contribution in [-0.2, 0) is 23.9 Å². The Morgan fingerprint density at radius 1 is 1.09 bits per heavy atom. The number of nitrogens with two attached hydrogens (primary N) is 1. The maximum Gasteiger partial charge on any atom is 0.239 e. The number of carbonyl (C=O) groups is 3. The number of benzene rings is 1. The highest BCUT2D eigenvalue weighted by molar-refractivity contribution is 5.83. The number of hydrogen-bond donors (Lipinski definition) is 3. The zero-order chi connectivity index (χ0) is 32.4. The smallest absolute Gasteiger partial charge is 0.239 e. The van der Waals surface area contributed by atoms with Crippen molar-refractivity contribution < 1.29 is 29.0 Å². The zero-order valence-corrected chi connectivity index (χ0v) is 27.7. The number of likely N-dealkylation sites (N-methyl/N-ethyl adjacent to an activating group) is 1. The fourth-order valence-corrected chi connectivity index (χ4v) is 6.20. The molecule has 1 aliphatic heterocycles. The number of ether oxygens (including phenoxy) is 2. The van der Waals surface area contributed by atoms with E-state index in [1.54, 1.807) is 40.0 Å². The summed E-state index contributed by atoms with van der Waals surface area (Å²) < 4.78 is 11.7. The Morgan fingerprint density at radius 2 is 1.72 bits per heavy atom. The van der Waals surface area contributed by atoms with Crippen molar-refractivity contribution in [2.75, 3.05) is 27.8 Å². The number of nitrogens with one attached hydrogen (secondary N) is 1. The summed E-state index contributed by atoms with van der Waals surface area (Å²) in [6.45, 7) is 12.1. The molecule has 1 unspecified atom stereocenters. The van der Waals surface area contributed by atoms with Crippen molar-refractivity contribution in [2.24, 2.45) is 23.5 Å². The van der Waals surface area contributed by atoms with Crippen LogP contribution in [0.4, 0.5) is 0 Å². The van der Waals surface area contributed by atoms with Crippen molar-refractivity contribution in [3.05, 3.63) is 35.9 Å². The summed E-state index contributed by atoms with van der Waals surface area (Å²) in [6.07, 6.45) is 0.474. The molecule has 1 aromatic rings.